The van der Waals surface area contributed by atoms with Crippen molar-refractivity contribution < 1.29 is 4.79 Å². The summed E-state index contributed by atoms with van der Waals surface area (Å²) in [6, 6.07) is -0.199. The molecule has 0 fully saturated rings. The van der Waals surface area contributed by atoms with Crippen molar-refractivity contribution in [2.24, 2.45) is 11.7 Å². The summed E-state index contributed by atoms with van der Waals surface area (Å²) in [6.45, 7) is 12.1. The van der Waals surface area contributed by atoms with Crippen molar-refractivity contribution in [3.8, 4) is 0 Å². The Balaban J connectivity index is 2.85. The maximum atomic E-state index is 12.1. The van der Waals surface area contributed by atoms with Crippen LogP contribution in [0.2, 0.25) is 0 Å². The van der Waals surface area contributed by atoms with Gasteiger partial charge in [0.2, 0.25) is 5.91 Å². The molecule has 0 radical (unpaired) electrons. The number of aromatic nitrogens is 2. The van der Waals surface area contributed by atoms with Crippen molar-refractivity contribution in [3.63, 3.8) is 0 Å². The minimum absolute atomic E-state index is 0.136. The van der Waals surface area contributed by atoms with Crippen LogP contribution >= 0.6 is 0 Å². The van der Waals surface area contributed by atoms with Gasteiger partial charge in [-0.1, -0.05) is 13.8 Å². The van der Waals surface area contributed by atoms with Crippen LogP contribution in [0, 0.1) is 19.8 Å². The minimum atomic E-state index is -0.471. The lowest BCUT2D eigenvalue weighted by atomic mass is 10.0. The van der Waals surface area contributed by atoms with Crippen LogP contribution in [0.4, 0.5) is 5.69 Å². The zero-order chi connectivity index (χ0) is 14.7. The summed E-state index contributed by atoms with van der Waals surface area (Å²) < 4.78 is 1.92. The van der Waals surface area contributed by atoms with Gasteiger partial charge in [0.25, 0.3) is 0 Å². The molecule has 5 nitrogen and oxygen atoms in total. The van der Waals surface area contributed by atoms with Gasteiger partial charge in [-0.05, 0) is 40.0 Å². The number of carbonyl (C=O) groups excluding carboxylic acids is 1. The highest BCUT2D eigenvalue weighted by Crippen LogP contribution is 2.22. The lowest BCUT2D eigenvalue weighted by Gasteiger charge is -2.14. The van der Waals surface area contributed by atoms with Crippen molar-refractivity contribution in [1.82, 2.24) is 9.78 Å². The highest BCUT2D eigenvalue weighted by Gasteiger charge is 2.19. The molecule has 1 atom stereocenters. The molecular weight excluding hydrogens is 240 g/mol. The predicted octanol–water partition coefficient (Wildman–Crippen LogP) is 2.39. The van der Waals surface area contributed by atoms with Crippen molar-refractivity contribution in [2.45, 2.75) is 60.0 Å². The molecule has 0 unspecified atom stereocenters. The Morgan fingerprint density at radius 3 is 2.32 bits per heavy atom. The van der Waals surface area contributed by atoms with E-state index in [1.54, 1.807) is 0 Å². The molecule has 1 heterocycles. The molecule has 0 aliphatic rings. The van der Waals surface area contributed by atoms with E-state index in [0.29, 0.717) is 12.3 Å². The molecular formula is C14H26N4O. The normalized spacial score (nSPS) is 13.1. The minimum Gasteiger partial charge on any atom is -0.322 e. The third-order valence-electron chi connectivity index (χ3n) is 3.12. The first-order valence-electron chi connectivity index (χ1n) is 6.86. The zero-order valence-electron chi connectivity index (χ0n) is 12.8. The second-order valence-electron chi connectivity index (χ2n) is 5.81. The number of hydrogen-bond donors (Lipinski definition) is 2. The summed E-state index contributed by atoms with van der Waals surface area (Å²) in [7, 11) is 0. The van der Waals surface area contributed by atoms with Crippen LogP contribution in [-0.4, -0.2) is 21.7 Å². The molecule has 3 N–H and O–H groups in total. The van der Waals surface area contributed by atoms with Gasteiger partial charge in [-0.25, -0.2) is 0 Å². The molecule has 108 valence electrons. The fourth-order valence-electron chi connectivity index (χ4n) is 2.18. The summed E-state index contributed by atoms with van der Waals surface area (Å²) >= 11 is 0. The van der Waals surface area contributed by atoms with Crippen LogP contribution < -0.4 is 11.1 Å². The van der Waals surface area contributed by atoms with Crippen molar-refractivity contribution in [1.29, 1.82) is 0 Å². The van der Waals surface area contributed by atoms with Crippen LogP contribution in [0.1, 0.15) is 51.5 Å². The second kappa shape index (κ2) is 6.19. The van der Waals surface area contributed by atoms with Gasteiger partial charge in [0, 0.05) is 6.04 Å². The smallest absolute Gasteiger partial charge is 0.241 e. The lowest BCUT2D eigenvalue weighted by Crippen LogP contribution is -2.36. The van der Waals surface area contributed by atoms with Gasteiger partial charge in [-0.15, -0.1) is 0 Å². The molecule has 1 rings (SSSR count). The molecule has 0 saturated heterocycles. The van der Waals surface area contributed by atoms with Gasteiger partial charge < -0.3 is 11.1 Å². The van der Waals surface area contributed by atoms with E-state index in [4.69, 9.17) is 5.73 Å². The van der Waals surface area contributed by atoms with Gasteiger partial charge >= 0.3 is 0 Å². The van der Waals surface area contributed by atoms with Crippen LogP contribution in [0.3, 0.4) is 0 Å². The standard InChI is InChI=1S/C14H26N4O/c1-8(2)7-12(15)14(19)16-13-10(5)17-18(9(3)4)11(13)6/h8-9,12H,7,15H2,1-6H3,(H,16,19)/t12-/m0/s1. The summed E-state index contributed by atoms with van der Waals surface area (Å²) in [6.07, 6.45) is 0.683. The number of anilines is 1. The molecule has 0 aliphatic heterocycles. The van der Waals surface area contributed by atoms with Gasteiger partial charge in [0.05, 0.1) is 23.1 Å². The molecule has 1 aromatic heterocycles. The SMILES string of the molecule is Cc1nn(C(C)C)c(C)c1NC(=O)[C@@H](N)CC(C)C. The number of aryl methyl sites for hydroxylation is 1. The Labute approximate surface area is 115 Å². The Kier molecular flexibility index (Phi) is 5.11. The summed E-state index contributed by atoms with van der Waals surface area (Å²) in [5, 5.41) is 7.36. The number of nitrogens with two attached hydrogens (primary N) is 1. The van der Waals surface area contributed by atoms with E-state index in [2.05, 4.69) is 38.1 Å². The Morgan fingerprint density at radius 1 is 1.32 bits per heavy atom. The Bertz CT molecular complexity index is 449. The van der Waals surface area contributed by atoms with Crippen LogP contribution in [0.5, 0.6) is 0 Å². The van der Waals surface area contributed by atoms with E-state index in [1.807, 2.05) is 18.5 Å². The first-order valence-corrected chi connectivity index (χ1v) is 6.86. The molecule has 0 spiro atoms. The number of amides is 1. The van der Waals surface area contributed by atoms with E-state index >= 15 is 0 Å². The number of hydrogen-bond acceptors (Lipinski definition) is 3. The molecule has 5 heteroatoms. The highest BCUT2D eigenvalue weighted by molar-refractivity contribution is 5.95. The van der Waals surface area contributed by atoms with Crippen molar-refractivity contribution in [2.75, 3.05) is 5.32 Å². The number of carbonyl (C=O) groups is 1. The third-order valence-corrected chi connectivity index (χ3v) is 3.12. The predicted molar refractivity (Wildman–Crippen MR) is 78.1 cm³/mol. The zero-order valence-corrected chi connectivity index (χ0v) is 12.8. The lowest BCUT2D eigenvalue weighted by molar-refractivity contribution is -0.117. The van der Waals surface area contributed by atoms with Gasteiger partial charge in [0.15, 0.2) is 0 Å². The number of rotatable bonds is 5. The van der Waals surface area contributed by atoms with Crippen molar-refractivity contribution >= 4 is 11.6 Å². The molecule has 0 aliphatic carbocycles. The van der Waals surface area contributed by atoms with E-state index in [-0.39, 0.29) is 11.9 Å². The fraction of sp³-hybridized carbons (Fsp3) is 0.714. The largest absolute Gasteiger partial charge is 0.322 e. The fourth-order valence-corrected chi connectivity index (χ4v) is 2.18. The van der Waals surface area contributed by atoms with E-state index < -0.39 is 6.04 Å². The van der Waals surface area contributed by atoms with E-state index in [0.717, 1.165) is 17.1 Å². The molecule has 1 amide bonds. The maximum Gasteiger partial charge on any atom is 0.241 e. The second-order valence-corrected chi connectivity index (χ2v) is 5.81. The van der Waals surface area contributed by atoms with Gasteiger partial charge in [-0.2, -0.15) is 5.10 Å². The Morgan fingerprint density at radius 2 is 1.89 bits per heavy atom. The molecule has 1 aromatic rings. The maximum absolute atomic E-state index is 12.1. The molecule has 0 saturated carbocycles. The van der Waals surface area contributed by atoms with E-state index in [9.17, 15) is 4.79 Å². The third kappa shape index (κ3) is 3.80. The average molecular weight is 266 g/mol. The Hall–Kier alpha value is -1.36. The topological polar surface area (TPSA) is 72.9 Å². The van der Waals surface area contributed by atoms with Gasteiger partial charge in [0.1, 0.15) is 0 Å². The van der Waals surface area contributed by atoms with E-state index in [1.165, 1.54) is 0 Å². The molecule has 0 aromatic carbocycles. The summed E-state index contributed by atoms with van der Waals surface area (Å²) in [5.74, 6) is 0.268. The molecule has 0 bridgehead atoms. The number of nitrogens with one attached hydrogen (secondary N) is 1. The highest BCUT2D eigenvalue weighted by atomic mass is 16.2. The first-order chi connectivity index (χ1) is 8.73. The van der Waals surface area contributed by atoms with Gasteiger partial charge in [-0.3, -0.25) is 9.48 Å². The quantitative estimate of drug-likeness (QED) is 0.859. The van der Waals surface area contributed by atoms with Crippen molar-refractivity contribution in [3.05, 3.63) is 11.4 Å². The monoisotopic (exact) mass is 266 g/mol. The summed E-state index contributed by atoms with van der Waals surface area (Å²) in [4.78, 5) is 12.1. The van der Waals surface area contributed by atoms with Crippen LogP contribution in [-0.2, 0) is 4.79 Å². The molecule has 19 heavy (non-hydrogen) atoms. The average Bonchev–Trinajstić information content (AvgIpc) is 2.56. The number of nitrogens with zero attached hydrogens (tertiary/aromatic N) is 2. The summed E-state index contributed by atoms with van der Waals surface area (Å²) in [5.41, 5.74) is 8.48. The van der Waals surface area contributed by atoms with Crippen LogP contribution in [0.15, 0.2) is 0 Å². The van der Waals surface area contributed by atoms with Crippen LogP contribution in [0.25, 0.3) is 0 Å². The first kappa shape index (κ1) is 15.7.